The van der Waals surface area contributed by atoms with Crippen LogP contribution < -0.4 is 14.4 Å². The number of hydrogen-bond donors (Lipinski definition) is 1. The van der Waals surface area contributed by atoms with Gasteiger partial charge in [0.2, 0.25) is 6.79 Å². The monoisotopic (exact) mass is 423 g/mol. The highest BCUT2D eigenvalue weighted by molar-refractivity contribution is 8.26. The van der Waals surface area contributed by atoms with E-state index in [2.05, 4.69) is 0 Å². The van der Waals surface area contributed by atoms with Crippen LogP contribution in [-0.2, 0) is 14.3 Å². The molecular formula is C19H23N2O5S2+. The zero-order valence-corrected chi connectivity index (χ0v) is 17.5. The van der Waals surface area contributed by atoms with Gasteiger partial charge in [0, 0.05) is 13.0 Å². The fourth-order valence-electron chi connectivity index (χ4n) is 2.67. The second-order valence-electron chi connectivity index (χ2n) is 6.73. The van der Waals surface area contributed by atoms with Crippen molar-refractivity contribution in [2.75, 3.05) is 40.6 Å². The molecule has 1 amide bonds. The van der Waals surface area contributed by atoms with Crippen molar-refractivity contribution < 1.29 is 28.7 Å². The molecule has 0 aromatic heterocycles. The van der Waals surface area contributed by atoms with Crippen molar-refractivity contribution in [1.29, 1.82) is 0 Å². The Kier molecular flexibility index (Phi) is 6.93. The number of thiocarbonyl (C=S) groups is 1. The van der Waals surface area contributed by atoms with E-state index in [0.29, 0.717) is 40.3 Å². The number of ether oxygens (including phenoxy) is 3. The molecule has 1 aromatic carbocycles. The minimum Gasteiger partial charge on any atom is -0.460 e. The molecule has 2 aliphatic heterocycles. The Hall–Kier alpha value is -2.10. The fraction of sp³-hybridized carbons (Fsp3) is 0.421. The average molecular weight is 424 g/mol. The Labute approximate surface area is 173 Å². The number of nitrogens with zero attached hydrogens (tertiary/aromatic N) is 1. The molecule has 150 valence electrons. The van der Waals surface area contributed by atoms with Gasteiger partial charge in [-0.15, -0.1) is 0 Å². The summed E-state index contributed by atoms with van der Waals surface area (Å²) in [7, 11) is 4.00. The lowest BCUT2D eigenvalue weighted by Crippen LogP contribution is -3.06. The van der Waals surface area contributed by atoms with Gasteiger partial charge in [-0.3, -0.25) is 14.5 Å². The number of benzene rings is 1. The number of quaternary nitrogens is 1. The first-order chi connectivity index (χ1) is 13.4. The summed E-state index contributed by atoms with van der Waals surface area (Å²) < 4.78 is 16.3. The summed E-state index contributed by atoms with van der Waals surface area (Å²) in [6.45, 7) is 1.78. The van der Waals surface area contributed by atoms with E-state index in [1.807, 2.05) is 32.3 Å². The highest BCUT2D eigenvalue weighted by atomic mass is 32.2. The van der Waals surface area contributed by atoms with Crippen molar-refractivity contribution in [2.45, 2.75) is 12.8 Å². The maximum absolute atomic E-state index is 12.7. The lowest BCUT2D eigenvalue weighted by Gasteiger charge is -2.14. The normalized spacial score (nSPS) is 17.1. The lowest BCUT2D eigenvalue weighted by molar-refractivity contribution is -0.858. The van der Waals surface area contributed by atoms with Crippen LogP contribution in [0.4, 0.5) is 0 Å². The van der Waals surface area contributed by atoms with E-state index in [0.717, 1.165) is 12.1 Å². The van der Waals surface area contributed by atoms with Gasteiger partial charge in [-0.05, 0) is 30.2 Å². The Morgan fingerprint density at radius 1 is 1.36 bits per heavy atom. The summed E-state index contributed by atoms with van der Waals surface area (Å²) in [5.41, 5.74) is 0.844. The van der Waals surface area contributed by atoms with E-state index >= 15 is 0 Å². The summed E-state index contributed by atoms with van der Waals surface area (Å²) in [6, 6.07) is 5.52. The van der Waals surface area contributed by atoms with Gasteiger partial charge >= 0.3 is 5.97 Å². The van der Waals surface area contributed by atoms with Crippen molar-refractivity contribution in [2.24, 2.45) is 0 Å². The first-order valence-corrected chi connectivity index (χ1v) is 10.3. The Morgan fingerprint density at radius 2 is 2.14 bits per heavy atom. The van der Waals surface area contributed by atoms with Gasteiger partial charge < -0.3 is 19.1 Å². The first kappa shape index (κ1) is 20.6. The molecule has 0 radical (unpaired) electrons. The molecule has 0 atom stereocenters. The Bertz CT molecular complexity index is 810. The Morgan fingerprint density at radius 3 is 2.93 bits per heavy atom. The molecule has 0 bridgehead atoms. The second-order valence-corrected chi connectivity index (χ2v) is 8.40. The number of rotatable bonds is 8. The van der Waals surface area contributed by atoms with Crippen LogP contribution in [0, 0.1) is 0 Å². The van der Waals surface area contributed by atoms with Crippen molar-refractivity contribution in [3.63, 3.8) is 0 Å². The van der Waals surface area contributed by atoms with Gasteiger partial charge in [0.25, 0.3) is 5.91 Å². The van der Waals surface area contributed by atoms with Crippen molar-refractivity contribution in [1.82, 2.24) is 4.90 Å². The third-order valence-corrected chi connectivity index (χ3v) is 5.57. The molecule has 0 unspecified atom stereocenters. The molecule has 1 saturated heterocycles. The third-order valence-electron chi connectivity index (χ3n) is 4.20. The number of esters is 1. The molecule has 1 aromatic rings. The largest absolute Gasteiger partial charge is 0.460 e. The zero-order valence-electron chi connectivity index (χ0n) is 15.9. The molecule has 2 heterocycles. The highest BCUT2D eigenvalue weighted by Crippen LogP contribution is 2.36. The number of fused-ring (bicyclic) bond motifs is 1. The van der Waals surface area contributed by atoms with Crippen LogP contribution in [0.1, 0.15) is 18.4 Å². The van der Waals surface area contributed by atoms with Crippen LogP contribution in [0.3, 0.4) is 0 Å². The second kappa shape index (κ2) is 9.40. The SMILES string of the molecule is C[NH+](C)CCOC(=O)CCCN1C(=O)/C(=C/c2ccc3c(c2)OCO3)SC1=S. The van der Waals surface area contributed by atoms with Gasteiger partial charge in [0.1, 0.15) is 17.5 Å². The lowest BCUT2D eigenvalue weighted by atomic mass is 10.2. The average Bonchev–Trinajstić information content (AvgIpc) is 3.20. The van der Waals surface area contributed by atoms with Gasteiger partial charge in [0.05, 0.1) is 19.0 Å². The van der Waals surface area contributed by atoms with Crippen LogP contribution in [0.2, 0.25) is 0 Å². The van der Waals surface area contributed by atoms with E-state index < -0.39 is 0 Å². The summed E-state index contributed by atoms with van der Waals surface area (Å²) in [5, 5.41) is 0. The predicted octanol–water partition coefficient (Wildman–Crippen LogP) is 1.08. The van der Waals surface area contributed by atoms with Crippen molar-refractivity contribution in [3.8, 4) is 11.5 Å². The van der Waals surface area contributed by atoms with Gasteiger partial charge in [-0.25, -0.2) is 0 Å². The topological polar surface area (TPSA) is 69.5 Å². The molecule has 7 nitrogen and oxygen atoms in total. The number of carbonyl (C=O) groups excluding carboxylic acids is 2. The molecule has 0 aliphatic carbocycles. The zero-order chi connectivity index (χ0) is 20.1. The van der Waals surface area contributed by atoms with E-state index in [9.17, 15) is 9.59 Å². The highest BCUT2D eigenvalue weighted by Gasteiger charge is 2.31. The molecule has 3 rings (SSSR count). The summed E-state index contributed by atoms with van der Waals surface area (Å²) in [4.78, 5) is 27.7. The maximum Gasteiger partial charge on any atom is 0.306 e. The van der Waals surface area contributed by atoms with Gasteiger partial charge in [-0.2, -0.15) is 0 Å². The third kappa shape index (κ3) is 5.24. The summed E-state index contributed by atoms with van der Waals surface area (Å²) in [6.07, 6.45) is 2.57. The van der Waals surface area contributed by atoms with Crippen LogP contribution in [-0.4, -0.2) is 61.7 Å². The molecule has 0 spiro atoms. The van der Waals surface area contributed by atoms with Crippen molar-refractivity contribution >= 4 is 46.3 Å². The summed E-state index contributed by atoms with van der Waals surface area (Å²) >= 11 is 6.60. The number of amides is 1. The molecular weight excluding hydrogens is 400 g/mol. The van der Waals surface area contributed by atoms with E-state index in [1.54, 1.807) is 6.08 Å². The van der Waals surface area contributed by atoms with Crippen LogP contribution in [0.25, 0.3) is 6.08 Å². The standard InChI is InChI=1S/C19H22N2O5S2/c1-20(2)8-9-24-17(22)4-3-7-21-18(23)16(28-19(21)27)11-13-5-6-14-15(10-13)26-12-25-14/h5-6,10-11H,3-4,7-9,12H2,1-2H3/p+1/b16-11-. The maximum atomic E-state index is 12.7. The van der Waals surface area contributed by atoms with Crippen LogP contribution in [0.5, 0.6) is 11.5 Å². The number of likely N-dealkylation sites (N-methyl/N-ethyl adjacent to an activating group) is 1. The van der Waals surface area contributed by atoms with Crippen LogP contribution in [0.15, 0.2) is 23.1 Å². The molecule has 28 heavy (non-hydrogen) atoms. The van der Waals surface area contributed by atoms with Crippen molar-refractivity contribution in [3.05, 3.63) is 28.7 Å². The number of thioether (sulfide) groups is 1. The minimum atomic E-state index is -0.248. The number of hydrogen-bond acceptors (Lipinski definition) is 7. The minimum absolute atomic E-state index is 0.141. The van der Waals surface area contributed by atoms with Gasteiger partial charge in [-0.1, -0.05) is 30.0 Å². The van der Waals surface area contributed by atoms with Gasteiger partial charge in [0.15, 0.2) is 11.5 Å². The van der Waals surface area contributed by atoms with E-state index in [-0.39, 0.29) is 25.1 Å². The first-order valence-electron chi connectivity index (χ1n) is 9.03. The fourth-order valence-corrected chi connectivity index (χ4v) is 3.98. The quantitative estimate of drug-likeness (QED) is 0.381. The molecule has 0 saturated carbocycles. The number of nitrogens with one attached hydrogen (secondary N) is 1. The molecule has 1 N–H and O–H groups in total. The van der Waals surface area contributed by atoms with E-state index in [4.69, 9.17) is 26.4 Å². The molecule has 2 aliphatic rings. The molecule has 9 heteroatoms. The predicted molar refractivity (Wildman–Crippen MR) is 110 cm³/mol. The van der Waals surface area contributed by atoms with Crippen LogP contribution >= 0.6 is 24.0 Å². The Balaban J connectivity index is 1.51. The van der Waals surface area contributed by atoms with E-state index in [1.165, 1.54) is 21.6 Å². The number of carbonyl (C=O) groups is 2. The summed E-state index contributed by atoms with van der Waals surface area (Å²) in [5.74, 6) is 0.974. The molecule has 1 fully saturated rings. The smallest absolute Gasteiger partial charge is 0.306 e.